The highest BCUT2D eigenvalue weighted by atomic mass is 16.6. The van der Waals surface area contributed by atoms with E-state index in [2.05, 4.69) is 0 Å². The highest BCUT2D eigenvalue weighted by Crippen LogP contribution is 2.36. The summed E-state index contributed by atoms with van der Waals surface area (Å²) in [7, 11) is 1.76. The lowest BCUT2D eigenvalue weighted by Gasteiger charge is -2.39. The van der Waals surface area contributed by atoms with Crippen LogP contribution in [0.4, 0.5) is 4.79 Å². The van der Waals surface area contributed by atoms with Crippen LogP contribution in [0.25, 0.3) is 0 Å². The van der Waals surface area contributed by atoms with Crippen molar-refractivity contribution >= 4 is 12.0 Å². The third kappa shape index (κ3) is 4.33. The molecule has 138 valence electrons. The Hall–Kier alpha value is -2.04. The van der Waals surface area contributed by atoms with Crippen LogP contribution in [0.3, 0.4) is 0 Å². The highest BCUT2D eigenvalue weighted by Gasteiger charge is 2.52. The third-order valence-corrected chi connectivity index (χ3v) is 4.25. The molecule has 0 saturated carbocycles. The van der Waals surface area contributed by atoms with E-state index in [1.165, 1.54) is 0 Å². The third-order valence-electron chi connectivity index (χ3n) is 4.25. The summed E-state index contributed by atoms with van der Waals surface area (Å²) >= 11 is 0. The molecule has 0 radical (unpaired) electrons. The van der Waals surface area contributed by atoms with E-state index in [0.29, 0.717) is 6.42 Å². The van der Waals surface area contributed by atoms with Crippen molar-refractivity contribution in [2.75, 3.05) is 7.05 Å². The molecule has 1 aromatic carbocycles. The average Bonchev–Trinajstić information content (AvgIpc) is 2.71. The summed E-state index contributed by atoms with van der Waals surface area (Å²) in [5.74, 6) is -0.0466. The van der Waals surface area contributed by atoms with Gasteiger partial charge in [-0.25, -0.2) is 4.79 Å². The number of amides is 2. The molecule has 2 amide bonds. The maximum Gasteiger partial charge on any atom is 0.412 e. The minimum absolute atomic E-state index is 0.0466. The molecule has 0 aliphatic carbocycles. The molecule has 0 bridgehead atoms. The number of ether oxygens (including phenoxy) is 1. The van der Waals surface area contributed by atoms with E-state index in [1.54, 1.807) is 16.8 Å². The van der Waals surface area contributed by atoms with Gasteiger partial charge in [-0.2, -0.15) is 0 Å². The van der Waals surface area contributed by atoms with Gasteiger partial charge in [-0.1, -0.05) is 51.1 Å². The second-order valence-corrected chi connectivity index (χ2v) is 8.78. The van der Waals surface area contributed by atoms with Crippen LogP contribution in [0.2, 0.25) is 0 Å². The van der Waals surface area contributed by atoms with Crippen molar-refractivity contribution in [3.05, 3.63) is 35.9 Å². The summed E-state index contributed by atoms with van der Waals surface area (Å²) in [5.41, 5.74) is 0.130. The number of benzene rings is 1. The Morgan fingerprint density at radius 3 is 2.12 bits per heavy atom. The fraction of sp³-hybridized carbons (Fsp3) is 0.600. The lowest BCUT2D eigenvalue weighted by Crippen LogP contribution is -2.52. The molecule has 2 rings (SSSR count). The van der Waals surface area contributed by atoms with Crippen molar-refractivity contribution < 1.29 is 14.3 Å². The van der Waals surface area contributed by atoms with Gasteiger partial charge in [-0.15, -0.1) is 0 Å². The lowest BCUT2D eigenvalue weighted by molar-refractivity contribution is -0.129. The van der Waals surface area contributed by atoms with Gasteiger partial charge in [0, 0.05) is 18.9 Å². The Labute approximate surface area is 150 Å². The van der Waals surface area contributed by atoms with Gasteiger partial charge in [0.1, 0.15) is 17.8 Å². The number of carbonyl (C=O) groups is 2. The highest BCUT2D eigenvalue weighted by molar-refractivity contribution is 5.89. The summed E-state index contributed by atoms with van der Waals surface area (Å²) < 4.78 is 5.62. The molecule has 1 aromatic rings. The molecule has 1 saturated heterocycles. The zero-order valence-electron chi connectivity index (χ0n) is 16.4. The SMILES string of the molecule is CN1C(=O)[C@H]([11CH2]c2ccccc2)N(C(=O)OC(C)(C)C)[C@H]1C(C)(C)C. The Morgan fingerprint density at radius 1 is 1.08 bits per heavy atom. The standard InChI is InChI=1S/C20H30N2O3/c1-19(2,3)17-21(7)16(23)15(13-14-11-9-8-10-12-14)22(17)18(24)25-20(4,5)6/h8-12,15,17H,13H2,1-7H3/t15-,17-/m0/s1/i13-1. The number of likely N-dealkylation sites (N-methyl/N-ethyl adjacent to an activating group) is 1. The topological polar surface area (TPSA) is 49.9 Å². The van der Waals surface area contributed by atoms with Gasteiger partial charge >= 0.3 is 6.09 Å². The fourth-order valence-corrected chi connectivity index (χ4v) is 3.39. The van der Waals surface area contributed by atoms with E-state index in [0.717, 1.165) is 5.56 Å². The first-order valence-corrected chi connectivity index (χ1v) is 8.74. The number of carbonyl (C=O) groups excluding carboxylic acids is 2. The van der Waals surface area contributed by atoms with Crippen molar-refractivity contribution in [2.24, 2.45) is 5.41 Å². The Kier molecular flexibility index (Phi) is 5.17. The first-order valence-electron chi connectivity index (χ1n) is 8.74. The van der Waals surface area contributed by atoms with Crippen LogP contribution < -0.4 is 0 Å². The Balaban J connectivity index is 2.40. The predicted molar refractivity (Wildman–Crippen MR) is 98.0 cm³/mol. The first-order chi connectivity index (χ1) is 11.4. The van der Waals surface area contributed by atoms with Crippen molar-refractivity contribution in [2.45, 2.75) is 65.8 Å². The number of rotatable bonds is 2. The van der Waals surface area contributed by atoms with Crippen LogP contribution in [-0.4, -0.2) is 46.7 Å². The smallest absolute Gasteiger partial charge is 0.412 e. The maximum absolute atomic E-state index is 12.9. The van der Waals surface area contributed by atoms with Gasteiger partial charge < -0.3 is 9.64 Å². The molecule has 0 N–H and O–H groups in total. The van der Waals surface area contributed by atoms with E-state index in [1.807, 2.05) is 71.9 Å². The average molecular weight is 345 g/mol. The molecular formula is C20H30N2O3. The lowest BCUT2D eigenvalue weighted by atomic mass is 9.72. The molecule has 5 heteroatoms. The summed E-state index contributed by atoms with van der Waals surface area (Å²) in [6.07, 6.45) is -0.301. The second-order valence-electron chi connectivity index (χ2n) is 8.78. The quantitative estimate of drug-likeness (QED) is 0.821. The van der Waals surface area contributed by atoms with E-state index >= 15 is 0 Å². The Morgan fingerprint density at radius 2 is 1.64 bits per heavy atom. The molecule has 5 nitrogen and oxygen atoms in total. The second kappa shape index (κ2) is 6.70. The molecule has 1 aliphatic rings. The molecule has 1 aliphatic heterocycles. The van der Waals surface area contributed by atoms with Crippen molar-refractivity contribution in [1.82, 2.24) is 9.80 Å². The monoisotopic (exact) mass is 345 g/mol. The first kappa shape index (κ1) is 19.3. The molecule has 0 aromatic heterocycles. The van der Waals surface area contributed by atoms with E-state index < -0.39 is 17.7 Å². The van der Waals surface area contributed by atoms with Crippen molar-refractivity contribution in [3.8, 4) is 0 Å². The molecule has 1 fully saturated rings. The van der Waals surface area contributed by atoms with E-state index in [9.17, 15) is 9.59 Å². The van der Waals surface area contributed by atoms with Gasteiger partial charge in [0.15, 0.2) is 0 Å². The minimum Gasteiger partial charge on any atom is -0.444 e. The van der Waals surface area contributed by atoms with Gasteiger partial charge in [0.2, 0.25) is 5.91 Å². The normalized spacial score (nSPS) is 21.6. The zero-order valence-corrected chi connectivity index (χ0v) is 16.4. The summed E-state index contributed by atoms with van der Waals surface area (Å²) in [4.78, 5) is 29.2. The van der Waals surface area contributed by atoms with Crippen molar-refractivity contribution in [1.29, 1.82) is 0 Å². The molecule has 1 heterocycles. The van der Waals surface area contributed by atoms with Crippen LogP contribution in [-0.2, 0) is 16.0 Å². The molecular weight excluding hydrogens is 315 g/mol. The van der Waals surface area contributed by atoms with E-state index in [-0.39, 0.29) is 17.5 Å². The minimum atomic E-state index is -0.610. The summed E-state index contributed by atoms with van der Waals surface area (Å²) in [6.45, 7) is 11.6. The Bertz CT molecular complexity index is 629. The fourth-order valence-electron chi connectivity index (χ4n) is 3.39. The maximum atomic E-state index is 12.9. The molecule has 0 spiro atoms. The summed E-state index contributed by atoms with van der Waals surface area (Å²) in [6, 6.07) is 9.23. The van der Waals surface area contributed by atoms with Crippen molar-refractivity contribution in [3.63, 3.8) is 0 Å². The van der Waals surface area contributed by atoms with Crippen LogP contribution in [0.1, 0.15) is 47.1 Å². The number of nitrogens with zero attached hydrogens (tertiary/aromatic N) is 2. The van der Waals surface area contributed by atoms with Gasteiger partial charge in [-0.3, -0.25) is 9.69 Å². The van der Waals surface area contributed by atoms with Crippen LogP contribution in [0, 0.1) is 5.41 Å². The predicted octanol–water partition coefficient (Wildman–Crippen LogP) is 3.68. The number of hydrogen-bond acceptors (Lipinski definition) is 3. The van der Waals surface area contributed by atoms with Crippen LogP contribution in [0.5, 0.6) is 0 Å². The van der Waals surface area contributed by atoms with Gasteiger partial charge in [0.05, 0.1) is 0 Å². The van der Waals surface area contributed by atoms with Crippen LogP contribution >= 0.6 is 0 Å². The number of hydrogen-bond donors (Lipinski definition) is 0. The molecule has 2 atom stereocenters. The van der Waals surface area contributed by atoms with E-state index in [4.69, 9.17) is 4.74 Å². The largest absolute Gasteiger partial charge is 0.444 e. The van der Waals surface area contributed by atoms with Gasteiger partial charge in [0.25, 0.3) is 0 Å². The van der Waals surface area contributed by atoms with Crippen LogP contribution in [0.15, 0.2) is 30.3 Å². The zero-order chi connectivity index (χ0) is 19.0. The summed E-state index contributed by atoms with van der Waals surface area (Å²) in [5, 5.41) is 0. The van der Waals surface area contributed by atoms with Gasteiger partial charge in [-0.05, 0) is 26.3 Å². The molecule has 0 unspecified atom stereocenters. The molecule has 25 heavy (non-hydrogen) atoms.